The van der Waals surface area contributed by atoms with Crippen LogP contribution in [0.5, 0.6) is 0 Å². The molecule has 0 unspecified atom stereocenters. The second kappa shape index (κ2) is 9.43. The number of carbonyl (C=O) groups excluding carboxylic acids is 1. The van der Waals surface area contributed by atoms with Gasteiger partial charge in [-0.1, -0.05) is 54.1 Å². The van der Waals surface area contributed by atoms with Gasteiger partial charge in [0.2, 0.25) is 0 Å². The normalized spacial score (nSPS) is 13.8. The molecule has 1 aliphatic rings. The minimum absolute atomic E-state index is 0.00627. The van der Waals surface area contributed by atoms with Crippen molar-refractivity contribution >= 4 is 17.5 Å². The van der Waals surface area contributed by atoms with E-state index >= 15 is 0 Å². The number of hydrogen-bond donors (Lipinski definition) is 2. The minimum atomic E-state index is -0.180. The number of aliphatic hydroxyl groups excluding tert-OH is 1. The number of rotatable bonds is 7. The molecule has 156 valence electrons. The molecular formula is C23H25ClN4O2. The van der Waals surface area contributed by atoms with Crippen LogP contribution in [0.15, 0.2) is 54.6 Å². The van der Waals surface area contributed by atoms with E-state index in [4.69, 9.17) is 11.6 Å². The molecule has 30 heavy (non-hydrogen) atoms. The summed E-state index contributed by atoms with van der Waals surface area (Å²) in [5.41, 5.74) is 4.67. The Morgan fingerprint density at radius 1 is 1.10 bits per heavy atom. The molecule has 7 heteroatoms. The lowest BCUT2D eigenvalue weighted by molar-refractivity contribution is 0.0942. The first-order valence-corrected chi connectivity index (χ1v) is 10.5. The van der Waals surface area contributed by atoms with E-state index in [1.165, 1.54) is 5.56 Å². The van der Waals surface area contributed by atoms with Gasteiger partial charge < -0.3 is 10.4 Å². The van der Waals surface area contributed by atoms with Crippen molar-refractivity contribution in [3.05, 3.63) is 87.7 Å². The number of benzene rings is 2. The van der Waals surface area contributed by atoms with Gasteiger partial charge in [-0.25, -0.2) is 0 Å². The third-order valence-corrected chi connectivity index (χ3v) is 5.61. The molecular weight excluding hydrogens is 400 g/mol. The topological polar surface area (TPSA) is 70.4 Å². The van der Waals surface area contributed by atoms with Crippen molar-refractivity contribution < 1.29 is 9.90 Å². The van der Waals surface area contributed by atoms with Gasteiger partial charge in [0.1, 0.15) is 0 Å². The van der Waals surface area contributed by atoms with Gasteiger partial charge in [-0.3, -0.25) is 14.4 Å². The molecule has 0 spiro atoms. The van der Waals surface area contributed by atoms with Crippen LogP contribution in [-0.4, -0.2) is 38.8 Å². The summed E-state index contributed by atoms with van der Waals surface area (Å²) in [6.45, 7) is 3.15. The Balaban J connectivity index is 1.52. The second-order valence-electron chi connectivity index (χ2n) is 7.48. The smallest absolute Gasteiger partial charge is 0.272 e. The van der Waals surface area contributed by atoms with E-state index in [-0.39, 0.29) is 12.5 Å². The first-order chi connectivity index (χ1) is 14.6. The Bertz CT molecular complexity index is 1000. The highest BCUT2D eigenvalue weighted by Crippen LogP contribution is 2.24. The third kappa shape index (κ3) is 4.73. The molecule has 0 saturated carbocycles. The molecule has 2 aromatic carbocycles. The van der Waals surface area contributed by atoms with Crippen molar-refractivity contribution in [3.63, 3.8) is 0 Å². The molecule has 1 aromatic heterocycles. The lowest BCUT2D eigenvalue weighted by atomic mass is 10.0. The summed E-state index contributed by atoms with van der Waals surface area (Å²) in [6.07, 6.45) is 0.794. The Kier molecular flexibility index (Phi) is 6.47. The zero-order valence-corrected chi connectivity index (χ0v) is 17.5. The van der Waals surface area contributed by atoms with Gasteiger partial charge >= 0.3 is 0 Å². The molecule has 2 N–H and O–H groups in total. The molecule has 0 aliphatic carbocycles. The number of carbonyl (C=O) groups is 1. The number of hydrogen-bond acceptors (Lipinski definition) is 4. The van der Waals surface area contributed by atoms with Crippen LogP contribution in [0.4, 0.5) is 0 Å². The van der Waals surface area contributed by atoms with Crippen LogP contribution in [0.1, 0.15) is 32.9 Å². The van der Waals surface area contributed by atoms with E-state index in [0.717, 1.165) is 41.4 Å². The average Bonchev–Trinajstić information content (AvgIpc) is 3.12. The van der Waals surface area contributed by atoms with Crippen LogP contribution in [0, 0.1) is 0 Å². The van der Waals surface area contributed by atoms with Crippen LogP contribution in [0.2, 0.25) is 5.02 Å². The van der Waals surface area contributed by atoms with Crippen molar-refractivity contribution in [3.8, 4) is 0 Å². The van der Waals surface area contributed by atoms with E-state index in [1.807, 2.05) is 54.6 Å². The summed E-state index contributed by atoms with van der Waals surface area (Å²) >= 11 is 5.99. The van der Waals surface area contributed by atoms with Crippen LogP contribution < -0.4 is 5.32 Å². The van der Waals surface area contributed by atoms with Crippen molar-refractivity contribution in [1.82, 2.24) is 20.0 Å². The maximum Gasteiger partial charge on any atom is 0.272 e. The molecule has 0 atom stereocenters. The third-order valence-electron chi connectivity index (χ3n) is 5.36. The van der Waals surface area contributed by atoms with Gasteiger partial charge in [0, 0.05) is 48.9 Å². The van der Waals surface area contributed by atoms with Gasteiger partial charge in [-0.2, -0.15) is 5.10 Å². The molecule has 0 bridgehead atoms. The molecule has 3 aromatic rings. The Labute approximate surface area is 181 Å². The number of amides is 1. The van der Waals surface area contributed by atoms with Crippen LogP contribution >= 0.6 is 11.6 Å². The minimum Gasteiger partial charge on any atom is -0.394 e. The zero-order valence-electron chi connectivity index (χ0n) is 16.7. The molecule has 2 heterocycles. The predicted octanol–water partition coefficient (Wildman–Crippen LogP) is 3.02. The largest absolute Gasteiger partial charge is 0.394 e. The number of nitrogens with zero attached hydrogens (tertiary/aromatic N) is 3. The average molecular weight is 425 g/mol. The van der Waals surface area contributed by atoms with Gasteiger partial charge in [0.05, 0.1) is 13.2 Å². The SMILES string of the molecule is O=C(NCc1ccccc1)c1nn(CCO)c2c1CN(Cc1ccc(Cl)cc1)CC2. The zero-order chi connectivity index (χ0) is 20.9. The first-order valence-electron chi connectivity index (χ1n) is 10.1. The quantitative estimate of drug-likeness (QED) is 0.611. The highest BCUT2D eigenvalue weighted by molar-refractivity contribution is 6.30. The Morgan fingerprint density at radius 3 is 2.60 bits per heavy atom. The summed E-state index contributed by atoms with van der Waals surface area (Å²) < 4.78 is 1.78. The number of fused-ring (bicyclic) bond motifs is 1. The monoisotopic (exact) mass is 424 g/mol. The fourth-order valence-electron chi connectivity index (χ4n) is 3.85. The van der Waals surface area contributed by atoms with Crippen molar-refractivity contribution in [2.45, 2.75) is 32.6 Å². The first kappa shape index (κ1) is 20.6. The number of aromatic nitrogens is 2. The van der Waals surface area contributed by atoms with Crippen molar-refractivity contribution in [2.75, 3.05) is 13.2 Å². The summed E-state index contributed by atoms with van der Waals surface area (Å²) in [5, 5.41) is 17.7. The van der Waals surface area contributed by atoms with E-state index in [0.29, 0.717) is 25.3 Å². The lowest BCUT2D eigenvalue weighted by Crippen LogP contribution is -2.32. The van der Waals surface area contributed by atoms with E-state index in [1.54, 1.807) is 4.68 Å². The second-order valence-corrected chi connectivity index (χ2v) is 7.91. The van der Waals surface area contributed by atoms with Gasteiger partial charge in [0.25, 0.3) is 5.91 Å². The molecule has 1 amide bonds. The van der Waals surface area contributed by atoms with E-state index in [2.05, 4.69) is 15.3 Å². The van der Waals surface area contributed by atoms with Crippen molar-refractivity contribution in [1.29, 1.82) is 0 Å². The summed E-state index contributed by atoms with van der Waals surface area (Å²) in [6, 6.07) is 17.7. The van der Waals surface area contributed by atoms with Crippen LogP contribution in [-0.2, 0) is 32.6 Å². The number of nitrogens with one attached hydrogen (secondary N) is 1. The molecule has 1 aliphatic heterocycles. The molecule has 6 nitrogen and oxygen atoms in total. The fourth-order valence-corrected chi connectivity index (χ4v) is 3.98. The number of aliphatic hydroxyl groups is 1. The van der Waals surface area contributed by atoms with E-state index < -0.39 is 0 Å². The maximum atomic E-state index is 12.9. The predicted molar refractivity (Wildman–Crippen MR) is 116 cm³/mol. The molecule has 0 saturated heterocycles. The Hall–Kier alpha value is -2.67. The standard InChI is InChI=1S/C23H25ClN4O2/c24-19-8-6-18(7-9-19)15-27-11-10-21-20(16-27)22(26-28(21)12-13-29)23(30)25-14-17-4-2-1-3-5-17/h1-9,29H,10-16H2,(H,25,30). The molecule has 0 radical (unpaired) electrons. The summed E-state index contributed by atoms with van der Waals surface area (Å²) in [7, 11) is 0. The summed E-state index contributed by atoms with van der Waals surface area (Å²) in [4.78, 5) is 15.2. The fraction of sp³-hybridized carbons (Fsp3) is 0.304. The molecule has 4 rings (SSSR count). The highest BCUT2D eigenvalue weighted by atomic mass is 35.5. The lowest BCUT2D eigenvalue weighted by Gasteiger charge is -2.27. The van der Waals surface area contributed by atoms with E-state index in [9.17, 15) is 9.90 Å². The number of halogens is 1. The molecule has 0 fully saturated rings. The van der Waals surface area contributed by atoms with Gasteiger partial charge in [0.15, 0.2) is 5.69 Å². The summed E-state index contributed by atoms with van der Waals surface area (Å²) in [5.74, 6) is -0.180. The van der Waals surface area contributed by atoms with Gasteiger partial charge in [-0.15, -0.1) is 0 Å². The maximum absolute atomic E-state index is 12.9. The highest BCUT2D eigenvalue weighted by Gasteiger charge is 2.28. The van der Waals surface area contributed by atoms with Crippen LogP contribution in [0.3, 0.4) is 0 Å². The van der Waals surface area contributed by atoms with Gasteiger partial charge in [-0.05, 0) is 23.3 Å². The van der Waals surface area contributed by atoms with Crippen LogP contribution in [0.25, 0.3) is 0 Å². The van der Waals surface area contributed by atoms with Crippen molar-refractivity contribution in [2.24, 2.45) is 0 Å². The Morgan fingerprint density at radius 2 is 1.87 bits per heavy atom.